The smallest absolute Gasteiger partial charge is 0.358 e. The van der Waals surface area contributed by atoms with Crippen LogP contribution in [0.2, 0.25) is 0 Å². The largest absolute Gasteiger partial charge is 0.506 e. The van der Waals surface area contributed by atoms with Crippen molar-refractivity contribution in [1.29, 1.82) is 0 Å². The number of ketones is 2. The lowest BCUT2D eigenvalue weighted by molar-refractivity contribution is -0.173. The molecule has 0 spiro atoms. The van der Waals surface area contributed by atoms with Gasteiger partial charge < -0.3 is 49.6 Å². The van der Waals surface area contributed by atoms with Crippen molar-refractivity contribution in [3.63, 3.8) is 0 Å². The van der Waals surface area contributed by atoms with Crippen LogP contribution in [0.1, 0.15) is 37.8 Å². The molecule has 2 aliphatic carbocycles. The zero-order chi connectivity index (χ0) is 33.6. The number of phenols is 2. The Morgan fingerprint density at radius 1 is 0.696 bits per heavy atom. The molecule has 6 rings (SSSR count). The van der Waals surface area contributed by atoms with Crippen molar-refractivity contribution in [2.24, 2.45) is 11.8 Å². The van der Waals surface area contributed by atoms with Crippen molar-refractivity contribution in [3.05, 3.63) is 46.5 Å². The number of hydrogen-bond donors (Lipinski definition) is 6. The number of fused-ring (bicyclic) bond motifs is 4. The van der Waals surface area contributed by atoms with Gasteiger partial charge in [-0.25, -0.2) is 9.59 Å². The van der Waals surface area contributed by atoms with Gasteiger partial charge in [0.2, 0.25) is 0 Å². The van der Waals surface area contributed by atoms with Gasteiger partial charge in [-0.15, -0.1) is 0 Å². The second-order valence-electron chi connectivity index (χ2n) is 11.9. The second-order valence-corrected chi connectivity index (χ2v) is 11.9. The number of aromatic hydroxyl groups is 2. The lowest BCUT2D eigenvalue weighted by Gasteiger charge is -2.45. The summed E-state index contributed by atoms with van der Waals surface area (Å²) in [6.07, 6.45) is -3.72. The average molecular weight is 639 g/mol. The van der Waals surface area contributed by atoms with Crippen LogP contribution >= 0.6 is 0 Å². The monoisotopic (exact) mass is 638 g/mol. The van der Waals surface area contributed by atoms with E-state index in [1.54, 1.807) is 0 Å². The van der Waals surface area contributed by atoms with E-state index in [2.05, 4.69) is 0 Å². The standard InChI is InChI=1S/C32H30O14/c1-11-9-15(33)21-25(37)19-17(45-31(21,27(11)39)29(41)43-3)7-5-13(23(19)35)14-6-8-18-20(24(14)36)26(38)22-16(34)10-12(2)28(40)32(22,46-18)30(42)44-4/h5-8,11-12,27-28,35-40H,9-10H2,1-4H3/t11-,12+,27-,28+,31+,32-. The third-order valence-electron chi connectivity index (χ3n) is 9.26. The first-order valence-corrected chi connectivity index (χ1v) is 14.3. The van der Waals surface area contributed by atoms with Crippen LogP contribution in [0.15, 0.2) is 35.4 Å². The Morgan fingerprint density at radius 2 is 1.04 bits per heavy atom. The molecule has 2 fully saturated rings. The van der Waals surface area contributed by atoms with Crippen molar-refractivity contribution in [1.82, 2.24) is 0 Å². The van der Waals surface area contributed by atoms with Gasteiger partial charge in [0.05, 0.1) is 25.4 Å². The summed E-state index contributed by atoms with van der Waals surface area (Å²) in [5.74, 6) is -9.01. The molecule has 2 aliphatic heterocycles. The molecule has 2 saturated carbocycles. The van der Waals surface area contributed by atoms with Crippen molar-refractivity contribution in [3.8, 4) is 34.1 Å². The predicted octanol–water partition coefficient (Wildman–Crippen LogP) is 1.85. The fourth-order valence-electron chi connectivity index (χ4n) is 7.00. The molecule has 0 amide bonds. The van der Waals surface area contributed by atoms with Gasteiger partial charge in [0.25, 0.3) is 11.2 Å². The molecule has 0 bridgehead atoms. The quantitative estimate of drug-likeness (QED) is 0.264. The lowest BCUT2D eigenvalue weighted by Crippen LogP contribution is -2.64. The van der Waals surface area contributed by atoms with Gasteiger partial charge in [-0.05, 0) is 36.1 Å². The van der Waals surface area contributed by atoms with Crippen LogP contribution in [0.5, 0.6) is 23.0 Å². The lowest BCUT2D eigenvalue weighted by atomic mass is 9.69. The number of aliphatic hydroxyl groups is 4. The molecule has 0 radical (unpaired) electrons. The number of benzene rings is 2. The number of phenolic OH excluding ortho intramolecular Hbond substituents is 2. The van der Waals surface area contributed by atoms with Gasteiger partial charge in [0.1, 0.15) is 57.9 Å². The number of aliphatic hydroxyl groups excluding tert-OH is 4. The average Bonchev–Trinajstić information content (AvgIpc) is 3.01. The summed E-state index contributed by atoms with van der Waals surface area (Å²) < 4.78 is 21.5. The first kappa shape index (κ1) is 30.9. The van der Waals surface area contributed by atoms with E-state index in [-0.39, 0.29) is 35.5 Å². The first-order valence-electron chi connectivity index (χ1n) is 14.3. The third kappa shape index (κ3) is 3.70. The first-order chi connectivity index (χ1) is 21.7. The normalized spacial score (nSPS) is 29.9. The minimum atomic E-state index is -2.42. The predicted molar refractivity (Wildman–Crippen MR) is 155 cm³/mol. The van der Waals surface area contributed by atoms with Crippen molar-refractivity contribution >= 4 is 35.0 Å². The number of carbonyl (C=O) groups excluding carboxylic acids is 4. The molecular formula is C32H30O14. The zero-order valence-electron chi connectivity index (χ0n) is 25.0. The number of esters is 2. The Labute approximate surface area is 260 Å². The highest BCUT2D eigenvalue weighted by Crippen LogP contribution is 2.55. The maximum atomic E-state index is 13.2. The summed E-state index contributed by atoms with van der Waals surface area (Å²) in [7, 11) is 2.04. The van der Waals surface area contributed by atoms with Crippen LogP contribution in [-0.2, 0) is 28.7 Å². The highest BCUT2D eigenvalue weighted by atomic mass is 16.6. The van der Waals surface area contributed by atoms with E-state index in [9.17, 15) is 49.8 Å². The Morgan fingerprint density at radius 3 is 1.37 bits per heavy atom. The molecule has 4 aliphatic rings. The van der Waals surface area contributed by atoms with Crippen LogP contribution in [0.25, 0.3) is 22.6 Å². The van der Waals surface area contributed by atoms with E-state index < -0.39 is 104 Å². The molecule has 14 heteroatoms. The fraction of sp³-hybridized carbons (Fsp3) is 0.375. The molecule has 14 nitrogen and oxygen atoms in total. The van der Waals surface area contributed by atoms with Gasteiger partial charge in [0.15, 0.2) is 11.6 Å². The van der Waals surface area contributed by atoms with Crippen LogP contribution in [0.4, 0.5) is 0 Å². The number of carbonyl (C=O) groups is 4. The van der Waals surface area contributed by atoms with Gasteiger partial charge in [0, 0.05) is 24.0 Å². The molecule has 242 valence electrons. The Hall–Kier alpha value is -5.08. The van der Waals surface area contributed by atoms with Gasteiger partial charge in [-0.2, -0.15) is 0 Å². The number of methoxy groups -OCH3 is 2. The highest BCUT2D eigenvalue weighted by molar-refractivity contribution is 6.14. The maximum Gasteiger partial charge on any atom is 0.358 e. The van der Waals surface area contributed by atoms with E-state index >= 15 is 0 Å². The van der Waals surface area contributed by atoms with Crippen LogP contribution < -0.4 is 9.47 Å². The van der Waals surface area contributed by atoms with E-state index in [1.165, 1.54) is 38.1 Å². The number of rotatable bonds is 3. The minimum absolute atomic E-state index is 0.163. The van der Waals surface area contributed by atoms with E-state index in [4.69, 9.17) is 18.9 Å². The van der Waals surface area contributed by atoms with Crippen molar-refractivity contribution in [2.45, 2.75) is 50.1 Å². The van der Waals surface area contributed by atoms with E-state index in [1.807, 2.05) is 0 Å². The molecule has 6 N–H and O–H groups in total. The summed E-state index contributed by atoms with van der Waals surface area (Å²) in [4.78, 5) is 52.3. The van der Waals surface area contributed by atoms with E-state index in [0.717, 1.165) is 14.2 Å². The van der Waals surface area contributed by atoms with Gasteiger partial charge >= 0.3 is 11.9 Å². The minimum Gasteiger partial charge on any atom is -0.506 e. The van der Waals surface area contributed by atoms with Crippen LogP contribution in [0.3, 0.4) is 0 Å². The maximum absolute atomic E-state index is 13.2. The molecule has 46 heavy (non-hydrogen) atoms. The van der Waals surface area contributed by atoms with Crippen LogP contribution in [0, 0.1) is 11.8 Å². The van der Waals surface area contributed by atoms with Crippen molar-refractivity contribution < 1.29 is 68.8 Å². The molecule has 2 aromatic rings. The SMILES string of the molecule is COC(=O)[C@]12Oc3ccc(-c4ccc5c(c4O)C(O)=C4C(=O)C[C@H](C)[C@H](O)[C@]4(C(=O)OC)O5)c(O)c3C(O)=C1C(=O)C[C@@H](C)[C@H]2O. The molecule has 0 unspecified atom stereocenters. The third-order valence-corrected chi connectivity index (χ3v) is 9.26. The Balaban J connectivity index is 1.55. The summed E-state index contributed by atoms with van der Waals surface area (Å²) in [6, 6.07) is 4.92. The summed E-state index contributed by atoms with van der Waals surface area (Å²) >= 11 is 0. The van der Waals surface area contributed by atoms with Crippen LogP contribution in [-0.4, -0.2) is 91.8 Å². The van der Waals surface area contributed by atoms with Gasteiger partial charge in [-0.3, -0.25) is 9.59 Å². The van der Waals surface area contributed by atoms with Crippen molar-refractivity contribution in [2.75, 3.05) is 14.2 Å². The molecule has 0 aromatic heterocycles. The molecule has 6 atom stereocenters. The molecular weight excluding hydrogens is 608 g/mol. The number of hydrogen-bond acceptors (Lipinski definition) is 14. The zero-order valence-corrected chi connectivity index (χ0v) is 25.0. The number of Topliss-reactive ketones (excluding diaryl/α,β-unsaturated/α-hetero) is 2. The second kappa shape index (κ2) is 10.2. The molecule has 2 heterocycles. The molecule has 2 aromatic carbocycles. The number of ether oxygens (including phenoxy) is 4. The molecule has 0 saturated heterocycles. The van der Waals surface area contributed by atoms with E-state index in [0.29, 0.717) is 0 Å². The topological polar surface area (TPSA) is 227 Å². The highest BCUT2D eigenvalue weighted by Gasteiger charge is 2.64. The fourth-order valence-corrected chi connectivity index (χ4v) is 7.00. The summed E-state index contributed by atoms with van der Waals surface area (Å²) in [6.45, 7) is 3.04. The summed E-state index contributed by atoms with van der Waals surface area (Å²) in [5, 5.41) is 67.7. The Kier molecular flexibility index (Phi) is 6.87. The van der Waals surface area contributed by atoms with Gasteiger partial charge in [-0.1, -0.05) is 13.8 Å². The summed E-state index contributed by atoms with van der Waals surface area (Å²) in [5.41, 5.74) is -7.25. The Bertz CT molecular complexity index is 1690.